The number of aliphatic imine (C=N–C) groups is 1. The molecular formula is C18H16F2N2. The van der Waals surface area contributed by atoms with E-state index in [1.54, 1.807) is 12.1 Å². The molecule has 0 bridgehead atoms. The highest BCUT2D eigenvalue weighted by Crippen LogP contribution is 2.23. The fraction of sp³-hybridized carbons (Fsp3) is 0.167. The number of anilines is 1. The molecule has 0 amide bonds. The maximum atomic E-state index is 13.3. The predicted octanol–water partition coefficient (Wildman–Crippen LogP) is 3.92. The van der Waals surface area contributed by atoms with Crippen LogP contribution in [0.25, 0.3) is 6.08 Å². The first kappa shape index (κ1) is 14.4. The maximum Gasteiger partial charge on any atom is 0.159 e. The van der Waals surface area contributed by atoms with Crippen LogP contribution in [-0.2, 0) is 0 Å². The minimum absolute atomic E-state index is 0.608. The zero-order valence-corrected chi connectivity index (χ0v) is 12.3. The van der Waals surface area contributed by atoms with E-state index >= 15 is 0 Å². The number of likely N-dealkylation sites (N-methyl/N-ethyl adjacent to an activating group) is 1. The fourth-order valence-electron chi connectivity index (χ4n) is 2.48. The van der Waals surface area contributed by atoms with Crippen molar-refractivity contribution in [2.24, 2.45) is 4.99 Å². The van der Waals surface area contributed by atoms with E-state index in [1.165, 1.54) is 6.07 Å². The van der Waals surface area contributed by atoms with Crippen molar-refractivity contribution in [1.29, 1.82) is 0 Å². The lowest BCUT2D eigenvalue weighted by molar-refractivity contribution is 0.508. The van der Waals surface area contributed by atoms with Gasteiger partial charge in [-0.1, -0.05) is 30.3 Å². The lowest BCUT2D eigenvalue weighted by Crippen LogP contribution is -2.20. The number of fused-ring (bicyclic) bond motifs is 1. The van der Waals surface area contributed by atoms with E-state index in [4.69, 9.17) is 0 Å². The molecule has 0 unspecified atom stereocenters. The Morgan fingerprint density at radius 1 is 1.05 bits per heavy atom. The minimum atomic E-state index is -0.843. The van der Waals surface area contributed by atoms with Crippen molar-refractivity contribution >= 4 is 17.5 Å². The first-order valence-electron chi connectivity index (χ1n) is 7.13. The molecule has 112 valence electrons. The Bertz CT molecular complexity index is 751. The van der Waals surface area contributed by atoms with Crippen LogP contribution in [0.3, 0.4) is 0 Å². The second-order valence-corrected chi connectivity index (χ2v) is 5.21. The molecule has 1 aliphatic heterocycles. The van der Waals surface area contributed by atoms with Gasteiger partial charge in [0.15, 0.2) is 11.6 Å². The van der Waals surface area contributed by atoms with E-state index in [0.29, 0.717) is 12.1 Å². The molecular weight excluding hydrogens is 282 g/mol. The number of nitrogens with zero attached hydrogens (tertiary/aromatic N) is 2. The Balaban J connectivity index is 1.94. The van der Waals surface area contributed by atoms with Gasteiger partial charge >= 0.3 is 0 Å². The molecule has 2 aromatic rings. The Morgan fingerprint density at radius 2 is 1.86 bits per heavy atom. The summed E-state index contributed by atoms with van der Waals surface area (Å²) in [6.45, 7) is 1.54. The van der Waals surface area contributed by atoms with Gasteiger partial charge in [-0.3, -0.25) is 4.99 Å². The number of benzodiazepines with no additional fused rings is 1. The molecule has 0 saturated heterocycles. The molecule has 4 heteroatoms. The summed E-state index contributed by atoms with van der Waals surface area (Å²) in [5.74, 6) is -1.68. The minimum Gasteiger partial charge on any atom is -0.372 e. The SMILES string of the molecule is CN1CCN=C(/C=C/c2ccc(F)c(F)c2)c2ccccc21. The molecule has 22 heavy (non-hydrogen) atoms. The van der Waals surface area contributed by atoms with Crippen molar-refractivity contribution in [1.82, 2.24) is 0 Å². The van der Waals surface area contributed by atoms with Crippen molar-refractivity contribution in [3.63, 3.8) is 0 Å². The van der Waals surface area contributed by atoms with Gasteiger partial charge in [-0.05, 0) is 29.8 Å². The number of allylic oxidation sites excluding steroid dienone is 1. The van der Waals surface area contributed by atoms with Crippen LogP contribution in [0.2, 0.25) is 0 Å². The monoisotopic (exact) mass is 298 g/mol. The molecule has 0 atom stereocenters. The topological polar surface area (TPSA) is 15.6 Å². The number of benzene rings is 2. The number of halogens is 2. The van der Waals surface area contributed by atoms with E-state index in [0.717, 1.165) is 29.6 Å². The van der Waals surface area contributed by atoms with E-state index < -0.39 is 11.6 Å². The van der Waals surface area contributed by atoms with Crippen LogP contribution < -0.4 is 4.90 Å². The average Bonchev–Trinajstić information content (AvgIpc) is 2.68. The Hall–Kier alpha value is -2.49. The first-order chi connectivity index (χ1) is 10.6. The molecule has 0 aromatic heterocycles. The van der Waals surface area contributed by atoms with Crippen molar-refractivity contribution in [3.8, 4) is 0 Å². The fourth-order valence-corrected chi connectivity index (χ4v) is 2.48. The molecule has 0 fully saturated rings. The van der Waals surface area contributed by atoms with Crippen molar-refractivity contribution in [2.75, 3.05) is 25.0 Å². The van der Waals surface area contributed by atoms with Crippen LogP contribution in [0.5, 0.6) is 0 Å². The Kier molecular flexibility index (Phi) is 4.00. The molecule has 1 heterocycles. The van der Waals surface area contributed by atoms with Crippen molar-refractivity contribution in [2.45, 2.75) is 0 Å². The summed E-state index contributed by atoms with van der Waals surface area (Å²) in [4.78, 5) is 6.75. The summed E-state index contributed by atoms with van der Waals surface area (Å²) >= 11 is 0. The third-order valence-corrected chi connectivity index (χ3v) is 3.69. The number of rotatable bonds is 2. The van der Waals surface area contributed by atoms with Crippen LogP contribution in [0.15, 0.2) is 53.5 Å². The molecule has 0 spiro atoms. The molecule has 0 radical (unpaired) electrons. The molecule has 2 aromatic carbocycles. The van der Waals surface area contributed by atoms with Crippen molar-refractivity contribution in [3.05, 3.63) is 71.3 Å². The largest absolute Gasteiger partial charge is 0.372 e. The van der Waals surface area contributed by atoms with Gasteiger partial charge in [0.1, 0.15) is 0 Å². The van der Waals surface area contributed by atoms with E-state index in [2.05, 4.69) is 16.0 Å². The van der Waals surface area contributed by atoms with Gasteiger partial charge in [0.2, 0.25) is 0 Å². The molecule has 1 aliphatic rings. The maximum absolute atomic E-state index is 13.3. The normalized spacial score (nSPS) is 14.7. The van der Waals surface area contributed by atoms with Gasteiger partial charge in [-0.25, -0.2) is 8.78 Å². The predicted molar refractivity (Wildman–Crippen MR) is 86.5 cm³/mol. The van der Waals surface area contributed by atoms with Gasteiger partial charge in [0.05, 0.1) is 12.3 Å². The third kappa shape index (κ3) is 2.91. The van der Waals surface area contributed by atoms with E-state index in [1.807, 2.05) is 31.3 Å². The smallest absolute Gasteiger partial charge is 0.159 e. The van der Waals surface area contributed by atoms with Crippen LogP contribution in [0.4, 0.5) is 14.5 Å². The second kappa shape index (κ2) is 6.10. The van der Waals surface area contributed by atoms with Crippen LogP contribution in [0, 0.1) is 11.6 Å². The molecule has 0 saturated carbocycles. The zero-order valence-electron chi connectivity index (χ0n) is 12.3. The van der Waals surface area contributed by atoms with Gasteiger partial charge in [-0.2, -0.15) is 0 Å². The number of hydrogen-bond donors (Lipinski definition) is 0. The Labute approximate surface area is 128 Å². The highest BCUT2D eigenvalue weighted by Gasteiger charge is 2.13. The van der Waals surface area contributed by atoms with Crippen LogP contribution in [-0.4, -0.2) is 25.8 Å². The second-order valence-electron chi connectivity index (χ2n) is 5.21. The average molecular weight is 298 g/mol. The van der Waals surface area contributed by atoms with Crippen molar-refractivity contribution < 1.29 is 8.78 Å². The van der Waals surface area contributed by atoms with Gasteiger partial charge < -0.3 is 4.90 Å². The highest BCUT2D eigenvalue weighted by atomic mass is 19.2. The molecule has 0 aliphatic carbocycles. The van der Waals surface area contributed by atoms with Gasteiger partial charge in [0.25, 0.3) is 0 Å². The van der Waals surface area contributed by atoms with E-state index in [9.17, 15) is 8.78 Å². The lowest BCUT2D eigenvalue weighted by atomic mass is 10.1. The quantitative estimate of drug-likeness (QED) is 0.820. The summed E-state index contributed by atoms with van der Waals surface area (Å²) in [5, 5.41) is 0. The molecule has 2 nitrogen and oxygen atoms in total. The zero-order chi connectivity index (χ0) is 15.5. The van der Waals surface area contributed by atoms with Gasteiger partial charge in [-0.15, -0.1) is 0 Å². The summed E-state index contributed by atoms with van der Waals surface area (Å²) in [6, 6.07) is 11.9. The van der Waals surface area contributed by atoms with Crippen LogP contribution >= 0.6 is 0 Å². The summed E-state index contributed by atoms with van der Waals surface area (Å²) in [6.07, 6.45) is 3.61. The van der Waals surface area contributed by atoms with Gasteiger partial charge in [0, 0.05) is 24.8 Å². The summed E-state index contributed by atoms with van der Waals surface area (Å²) in [5.41, 5.74) is 3.62. The molecule has 3 rings (SSSR count). The highest BCUT2D eigenvalue weighted by molar-refractivity contribution is 6.14. The number of hydrogen-bond acceptors (Lipinski definition) is 2. The lowest BCUT2D eigenvalue weighted by Gasteiger charge is -2.18. The molecule has 0 N–H and O–H groups in total. The summed E-state index contributed by atoms with van der Waals surface area (Å²) < 4.78 is 26.2. The number of para-hydroxylation sites is 1. The summed E-state index contributed by atoms with van der Waals surface area (Å²) in [7, 11) is 2.04. The van der Waals surface area contributed by atoms with Crippen LogP contribution in [0.1, 0.15) is 11.1 Å². The first-order valence-corrected chi connectivity index (χ1v) is 7.13. The van der Waals surface area contributed by atoms with E-state index in [-0.39, 0.29) is 0 Å². The standard InChI is InChI=1S/C18H16F2N2/c1-22-11-10-21-17(14-4-2-3-5-18(14)22)9-7-13-6-8-15(19)16(20)12-13/h2-9,12H,10-11H2,1H3/b9-7+. The Morgan fingerprint density at radius 3 is 2.68 bits per heavy atom. The third-order valence-electron chi connectivity index (χ3n) is 3.69.